The molecule has 0 radical (unpaired) electrons. The van der Waals surface area contributed by atoms with Crippen molar-refractivity contribution in [1.82, 2.24) is 10.2 Å². The number of morpholine rings is 1. The zero-order valence-electron chi connectivity index (χ0n) is 13.0. The fourth-order valence-corrected chi connectivity index (χ4v) is 2.92. The Morgan fingerprint density at radius 1 is 1.43 bits per heavy atom. The summed E-state index contributed by atoms with van der Waals surface area (Å²) >= 11 is 0. The van der Waals surface area contributed by atoms with E-state index in [0.717, 1.165) is 44.8 Å². The third-order valence-corrected chi connectivity index (χ3v) is 4.22. The predicted octanol–water partition coefficient (Wildman–Crippen LogP) is 2.13. The van der Waals surface area contributed by atoms with Gasteiger partial charge in [-0.2, -0.15) is 5.26 Å². The van der Waals surface area contributed by atoms with Crippen LogP contribution in [0.2, 0.25) is 0 Å². The molecule has 2 unspecified atom stereocenters. The number of nitrogens with one attached hydrogen (secondary N) is 1. The maximum absolute atomic E-state index is 9.80. The number of rotatable bonds is 6. The van der Waals surface area contributed by atoms with Gasteiger partial charge in [0.15, 0.2) is 0 Å². The number of benzene rings is 1. The van der Waals surface area contributed by atoms with Crippen LogP contribution in [0.4, 0.5) is 0 Å². The summed E-state index contributed by atoms with van der Waals surface area (Å²) in [5, 5.41) is 13.2. The largest absolute Gasteiger partial charge is 0.379 e. The van der Waals surface area contributed by atoms with E-state index in [0.29, 0.717) is 6.04 Å². The molecule has 21 heavy (non-hydrogen) atoms. The predicted molar refractivity (Wildman–Crippen MR) is 83.9 cm³/mol. The molecule has 0 aromatic heterocycles. The van der Waals surface area contributed by atoms with Crippen molar-refractivity contribution >= 4 is 0 Å². The molecular formula is C17H25N3O. The van der Waals surface area contributed by atoms with Gasteiger partial charge in [-0.15, -0.1) is 0 Å². The first-order valence-electron chi connectivity index (χ1n) is 7.75. The summed E-state index contributed by atoms with van der Waals surface area (Å²) in [5.74, 6) is 0. The molecule has 0 spiro atoms. The fraction of sp³-hybridized carbons (Fsp3) is 0.588. The Balaban J connectivity index is 2.11. The van der Waals surface area contributed by atoms with Gasteiger partial charge in [0.1, 0.15) is 5.54 Å². The van der Waals surface area contributed by atoms with Crippen LogP contribution in [0, 0.1) is 11.3 Å². The minimum Gasteiger partial charge on any atom is -0.379 e. The average molecular weight is 287 g/mol. The molecule has 0 amide bonds. The summed E-state index contributed by atoms with van der Waals surface area (Å²) < 4.78 is 5.48. The molecule has 1 heterocycles. The molecule has 2 atom stereocenters. The second-order valence-electron chi connectivity index (χ2n) is 5.62. The van der Waals surface area contributed by atoms with Gasteiger partial charge in [0.25, 0.3) is 0 Å². The van der Waals surface area contributed by atoms with Crippen LogP contribution in [0.15, 0.2) is 30.3 Å². The Bertz CT molecular complexity index is 471. The first-order valence-corrected chi connectivity index (χ1v) is 7.75. The van der Waals surface area contributed by atoms with Crippen LogP contribution < -0.4 is 5.32 Å². The molecule has 114 valence electrons. The van der Waals surface area contributed by atoms with E-state index in [1.807, 2.05) is 37.3 Å². The van der Waals surface area contributed by atoms with Crippen LogP contribution in [0.1, 0.15) is 25.8 Å². The van der Waals surface area contributed by atoms with Crippen molar-refractivity contribution in [1.29, 1.82) is 5.26 Å². The monoisotopic (exact) mass is 287 g/mol. The van der Waals surface area contributed by atoms with Crippen LogP contribution in [0.25, 0.3) is 0 Å². The first-order chi connectivity index (χ1) is 10.2. The summed E-state index contributed by atoms with van der Waals surface area (Å²) in [5.41, 5.74) is 0.448. The highest BCUT2D eigenvalue weighted by Crippen LogP contribution is 2.25. The van der Waals surface area contributed by atoms with Crippen molar-refractivity contribution < 1.29 is 4.74 Å². The Labute approximate surface area is 127 Å². The normalized spacial score (nSPS) is 22.4. The van der Waals surface area contributed by atoms with Crippen LogP contribution >= 0.6 is 0 Å². The lowest BCUT2D eigenvalue weighted by Gasteiger charge is -2.36. The minimum absolute atomic E-state index is 0.424. The van der Waals surface area contributed by atoms with Crippen LogP contribution in [-0.2, 0) is 10.3 Å². The highest BCUT2D eigenvalue weighted by molar-refractivity contribution is 5.31. The van der Waals surface area contributed by atoms with Gasteiger partial charge in [-0.1, -0.05) is 37.3 Å². The average Bonchev–Trinajstić information content (AvgIpc) is 2.54. The molecule has 1 N–H and O–H groups in total. The lowest BCUT2D eigenvalue weighted by atomic mass is 9.87. The quantitative estimate of drug-likeness (QED) is 0.871. The second kappa shape index (κ2) is 7.56. The smallest absolute Gasteiger partial charge is 0.133 e. The molecule has 4 nitrogen and oxygen atoms in total. The summed E-state index contributed by atoms with van der Waals surface area (Å²) in [6, 6.07) is 13.0. The van der Waals surface area contributed by atoms with E-state index in [4.69, 9.17) is 4.74 Å². The van der Waals surface area contributed by atoms with Gasteiger partial charge in [0, 0.05) is 19.1 Å². The third kappa shape index (κ3) is 3.82. The van der Waals surface area contributed by atoms with E-state index in [1.165, 1.54) is 0 Å². The summed E-state index contributed by atoms with van der Waals surface area (Å²) in [6.45, 7) is 8.43. The van der Waals surface area contributed by atoms with Crippen molar-refractivity contribution in [3.63, 3.8) is 0 Å². The molecule has 1 saturated heterocycles. The lowest BCUT2D eigenvalue weighted by molar-refractivity contribution is -0.00305. The van der Waals surface area contributed by atoms with Crippen LogP contribution in [0.3, 0.4) is 0 Å². The summed E-state index contributed by atoms with van der Waals surface area (Å²) in [6.07, 6.45) is 0.783. The van der Waals surface area contributed by atoms with Crippen molar-refractivity contribution in [3.05, 3.63) is 35.9 Å². The van der Waals surface area contributed by atoms with E-state index >= 15 is 0 Å². The molecule has 1 aromatic carbocycles. The van der Waals surface area contributed by atoms with Gasteiger partial charge < -0.3 is 4.74 Å². The maximum Gasteiger partial charge on any atom is 0.133 e. The SMILES string of the molecule is CCNC(C#N)(CCN1CCOCC1C)c1ccccc1. The Morgan fingerprint density at radius 3 is 2.81 bits per heavy atom. The number of nitrogens with zero attached hydrogens (tertiary/aromatic N) is 2. The van der Waals surface area contributed by atoms with Crippen molar-refractivity contribution in [3.8, 4) is 6.07 Å². The van der Waals surface area contributed by atoms with Gasteiger partial charge in [0.05, 0.1) is 19.3 Å². The zero-order valence-corrected chi connectivity index (χ0v) is 13.0. The molecule has 1 aromatic rings. The van der Waals surface area contributed by atoms with E-state index in [-0.39, 0.29) is 0 Å². The summed E-state index contributed by atoms with van der Waals surface area (Å²) in [4.78, 5) is 2.41. The van der Waals surface area contributed by atoms with Crippen molar-refractivity contribution in [2.24, 2.45) is 0 Å². The number of nitriles is 1. The topological polar surface area (TPSA) is 48.3 Å². The number of hydrogen-bond acceptors (Lipinski definition) is 4. The molecule has 4 heteroatoms. The van der Waals surface area contributed by atoms with Crippen molar-refractivity contribution in [2.75, 3.05) is 32.8 Å². The molecule has 2 rings (SSSR count). The fourth-order valence-electron chi connectivity index (χ4n) is 2.92. The zero-order chi connectivity index (χ0) is 15.1. The second-order valence-corrected chi connectivity index (χ2v) is 5.62. The van der Waals surface area contributed by atoms with Crippen LogP contribution in [-0.4, -0.2) is 43.8 Å². The number of ether oxygens (including phenoxy) is 1. The maximum atomic E-state index is 9.80. The molecular weight excluding hydrogens is 262 g/mol. The highest BCUT2D eigenvalue weighted by atomic mass is 16.5. The Hall–Kier alpha value is -1.41. The molecule has 0 aliphatic carbocycles. The van der Waals surface area contributed by atoms with Gasteiger partial charge in [0.2, 0.25) is 0 Å². The van der Waals surface area contributed by atoms with Gasteiger partial charge >= 0.3 is 0 Å². The number of hydrogen-bond donors (Lipinski definition) is 1. The van der Waals surface area contributed by atoms with E-state index in [9.17, 15) is 5.26 Å². The first kappa shape index (κ1) is 16.0. The van der Waals surface area contributed by atoms with Gasteiger partial charge in [-0.05, 0) is 25.5 Å². The van der Waals surface area contributed by atoms with E-state index in [2.05, 4.69) is 23.2 Å². The lowest BCUT2D eigenvalue weighted by Crippen LogP contribution is -2.48. The Kier molecular flexibility index (Phi) is 5.75. The van der Waals surface area contributed by atoms with Crippen molar-refractivity contribution in [2.45, 2.75) is 31.8 Å². The van der Waals surface area contributed by atoms with Crippen LogP contribution in [0.5, 0.6) is 0 Å². The Morgan fingerprint density at radius 2 is 2.19 bits per heavy atom. The summed E-state index contributed by atoms with van der Waals surface area (Å²) in [7, 11) is 0. The van der Waals surface area contributed by atoms with Gasteiger partial charge in [-0.3, -0.25) is 10.2 Å². The molecule has 1 aliphatic rings. The molecule has 1 aliphatic heterocycles. The molecule has 0 bridgehead atoms. The standard InChI is InChI=1S/C17H25N3O/c1-3-19-17(14-18,16-7-5-4-6-8-16)9-10-20-11-12-21-13-15(20)2/h4-8,15,19H,3,9-13H2,1-2H3. The molecule has 0 saturated carbocycles. The van der Waals surface area contributed by atoms with E-state index < -0.39 is 5.54 Å². The minimum atomic E-state index is -0.603. The van der Waals surface area contributed by atoms with Gasteiger partial charge in [-0.25, -0.2) is 0 Å². The third-order valence-electron chi connectivity index (χ3n) is 4.22. The molecule has 1 fully saturated rings. The highest BCUT2D eigenvalue weighted by Gasteiger charge is 2.32. The van der Waals surface area contributed by atoms with E-state index in [1.54, 1.807) is 0 Å².